The lowest BCUT2D eigenvalue weighted by molar-refractivity contribution is 0.0697. The van der Waals surface area contributed by atoms with E-state index in [4.69, 9.17) is 4.74 Å². The minimum absolute atomic E-state index is 0.115. The average Bonchev–Trinajstić information content (AvgIpc) is 2.35. The Morgan fingerprint density at radius 1 is 1.26 bits per heavy atom. The summed E-state index contributed by atoms with van der Waals surface area (Å²) in [6.45, 7) is 11.1. The summed E-state index contributed by atoms with van der Waals surface area (Å²) in [6, 6.07) is 0. The molecule has 19 heavy (non-hydrogen) atoms. The zero-order valence-corrected chi connectivity index (χ0v) is 13.7. The first-order valence-electron chi connectivity index (χ1n) is 6.98. The van der Waals surface area contributed by atoms with Gasteiger partial charge in [0.2, 0.25) is 0 Å². The Labute approximate surface area is 118 Å². The Kier molecular flexibility index (Phi) is 5.79. The molecule has 1 aliphatic rings. The van der Waals surface area contributed by atoms with Crippen LogP contribution in [0.15, 0.2) is 0 Å². The van der Waals surface area contributed by atoms with Gasteiger partial charge in [0.25, 0.3) is 10.2 Å². The molecular weight excluding hydrogens is 264 g/mol. The van der Waals surface area contributed by atoms with E-state index in [0.29, 0.717) is 38.8 Å². The molecule has 1 atom stereocenters. The molecular formula is C13H28N2O3S. The van der Waals surface area contributed by atoms with Crippen molar-refractivity contribution < 1.29 is 13.2 Å². The van der Waals surface area contributed by atoms with Gasteiger partial charge in [0.1, 0.15) is 0 Å². The van der Waals surface area contributed by atoms with Crippen LogP contribution >= 0.6 is 0 Å². The van der Waals surface area contributed by atoms with Crippen LogP contribution in [0.5, 0.6) is 0 Å². The SMILES string of the molecule is CC[C@@H](CN(C)S(=O)(=O)N1CCOCC1)C(C)(C)C. The Bertz CT molecular complexity index is 370. The normalized spacial score (nSPS) is 20.7. The largest absolute Gasteiger partial charge is 0.379 e. The maximum Gasteiger partial charge on any atom is 0.281 e. The molecule has 1 fully saturated rings. The molecule has 5 nitrogen and oxygen atoms in total. The molecule has 0 aromatic carbocycles. The monoisotopic (exact) mass is 292 g/mol. The van der Waals surface area contributed by atoms with E-state index in [9.17, 15) is 8.42 Å². The summed E-state index contributed by atoms with van der Waals surface area (Å²) in [5, 5.41) is 0. The van der Waals surface area contributed by atoms with Gasteiger partial charge in [-0.15, -0.1) is 0 Å². The molecule has 1 saturated heterocycles. The Balaban J connectivity index is 2.72. The maximum absolute atomic E-state index is 12.5. The molecule has 1 aliphatic heterocycles. The summed E-state index contributed by atoms with van der Waals surface area (Å²) in [4.78, 5) is 0. The molecule has 1 heterocycles. The highest BCUT2D eigenvalue weighted by Gasteiger charge is 2.32. The van der Waals surface area contributed by atoms with Crippen LogP contribution in [-0.2, 0) is 14.9 Å². The fourth-order valence-electron chi connectivity index (χ4n) is 2.39. The third-order valence-electron chi connectivity index (χ3n) is 3.89. The van der Waals surface area contributed by atoms with E-state index in [1.807, 2.05) is 0 Å². The topological polar surface area (TPSA) is 49.9 Å². The number of ether oxygens (including phenoxy) is 1. The number of morpholine rings is 1. The van der Waals surface area contributed by atoms with Gasteiger partial charge in [-0.2, -0.15) is 17.0 Å². The van der Waals surface area contributed by atoms with Crippen molar-refractivity contribution >= 4 is 10.2 Å². The van der Waals surface area contributed by atoms with Gasteiger partial charge in [-0.05, 0) is 11.3 Å². The molecule has 114 valence electrons. The molecule has 0 aliphatic carbocycles. The fourth-order valence-corrected chi connectivity index (χ4v) is 3.77. The lowest BCUT2D eigenvalue weighted by Crippen LogP contribution is -2.49. The highest BCUT2D eigenvalue weighted by atomic mass is 32.2. The maximum atomic E-state index is 12.5. The predicted molar refractivity (Wildman–Crippen MR) is 77.2 cm³/mol. The lowest BCUT2D eigenvalue weighted by atomic mass is 9.79. The van der Waals surface area contributed by atoms with E-state index in [1.54, 1.807) is 7.05 Å². The average molecular weight is 292 g/mol. The summed E-state index contributed by atoms with van der Waals surface area (Å²) in [6.07, 6.45) is 0.979. The minimum Gasteiger partial charge on any atom is -0.379 e. The number of nitrogens with zero attached hydrogens (tertiary/aromatic N) is 2. The Morgan fingerprint density at radius 2 is 1.79 bits per heavy atom. The number of hydrogen-bond donors (Lipinski definition) is 0. The van der Waals surface area contributed by atoms with Gasteiger partial charge >= 0.3 is 0 Å². The summed E-state index contributed by atoms with van der Waals surface area (Å²) in [5.41, 5.74) is 0.115. The summed E-state index contributed by atoms with van der Waals surface area (Å²) in [7, 11) is -1.66. The van der Waals surface area contributed by atoms with Crippen molar-refractivity contribution in [3.63, 3.8) is 0 Å². The smallest absolute Gasteiger partial charge is 0.281 e. The fraction of sp³-hybridized carbons (Fsp3) is 1.00. The van der Waals surface area contributed by atoms with Gasteiger partial charge in [0, 0.05) is 26.7 Å². The summed E-state index contributed by atoms with van der Waals surface area (Å²) in [5.74, 6) is 0.355. The first-order chi connectivity index (χ1) is 8.69. The molecule has 0 amide bonds. The molecule has 0 N–H and O–H groups in total. The van der Waals surface area contributed by atoms with Crippen LogP contribution in [0.3, 0.4) is 0 Å². The van der Waals surface area contributed by atoms with Crippen LogP contribution in [-0.4, -0.2) is 56.9 Å². The highest BCUT2D eigenvalue weighted by molar-refractivity contribution is 7.86. The van der Waals surface area contributed by atoms with Gasteiger partial charge in [-0.25, -0.2) is 0 Å². The number of hydrogen-bond acceptors (Lipinski definition) is 3. The van der Waals surface area contributed by atoms with Crippen LogP contribution in [0.2, 0.25) is 0 Å². The van der Waals surface area contributed by atoms with Gasteiger partial charge in [-0.3, -0.25) is 0 Å². The second-order valence-corrected chi connectivity index (χ2v) is 8.31. The van der Waals surface area contributed by atoms with Crippen molar-refractivity contribution in [3.8, 4) is 0 Å². The van der Waals surface area contributed by atoms with Crippen LogP contribution in [0.25, 0.3) is 0 Å². The van der Waals surface area contributed by atoms with Crippen molar-refractivity contribution in [3.05, 3.63) is 0 Å². The second kappa shape index (κ2) is 6.52. The quantitative estimate of drug-likeness (QED) is 0.773. The van der Waals surface area contributed by atoms with E-state index in [1.165, 1.54) is 8.61 Å². The van der Waals surface area contributed by atoms with Crippen LogP contribution in [0, 0.1) is 11.3 Å². The summed E-state index contributed by atoms with van der Waals surface area (Å²) >= 11 is 0. The van der Waals surface area contributed by atoms with Crippen molar-refractivity contribution in [1.29, 1.82) is 0 Å². The molecule has 0 saturated carbocycles. The first-order valence-corrected chi connectivity index (χ1v) is 8.38. The van der Waals surface area contributed by atoms with Crippen molar-refractivity contribution in [1.82, 2.24) is 8.61 Å². The van der Waals surface area contributed by atoms with Gasteiger partial charge in [0.05, 0.1) is 13.2 Å². The molecule has 0 aromatic rings. The predicted octanol–water partition coefficient (Wildman–Crippen LogP) is 1.57. The third-order valence-corrected chi connectivity index (χ3v) is 5.84. The first kappa shape index (κ1) is 16.9. The van der Waals surface area contributed by atoms with Crippen LogP contribution < -0.4 is 0 Å². The van der Waals surface area contributed by atoms with Gasteiger partial charge in [-0.1, -0.05) is 34.1 Å². The van der Waals surface area contributed by atoms with E-state index in [2.05, 4.69) is 27.7 Å². The van der Waals surface area contributed by atoms with Gasteiger partial charge < -0.3 is 4.74 Å². The summed E-state index contributed by atoms with van der Waals surface area (Å²) < 4.78 is 33.1. The van der Waals surface area contributed by atoms with Crippen molar-refractivity contribution in [2.45, 2.75) is 34.1 Å². The van der Waals surface area contributed by atoms with E-state index < -0.39 is 10.2 Å². The third kappa shape index (κ3) is 4.41. The van der Waals surface area contributed by atoms with Crippen molar-refractivity contribution in [2.75, 3.05) is 39.9 Å². The van der Waals surface area contributed by atoms with Crippen LogP contribution in [0.4, 0.5) is 0 Å². The Hall–Kier alpha value is -0.170. The second-order valence-electron chi connectivity index (χ2n) is 6.27. The van der Waals surface area contributed by atoms with E-state index in [-0.39, 0.29) is 5.41 Å². The number of rotatable bonds is 5. The highest BCUT2D eigenvalue weighted by Crippen LogP contribution is 2.29. The lowest BCUT2D eigenvalue weighted by Gasteiger charge is -2.35. The zero-order valence-electron chi connectivity index (χ0n) is 12.8. The van der Waals surface area contributed by atoms with Crippen LogP contribution in [0.1, 0.15) is 34.1 Å². The van der Waals surface area contributed by atoms with E-state index >= 15 is 0 Å². The zero-order chi connectivity index (χ0) is 14.7. The molecule has 0 radical (unpaired) electrons. The molecule has 1 rings (SSSR count). The Morgan fingerprint density at radius 3 is 2.21 bits per heavy atom. The minimum atomic E-state index is -3.34. The molecule has 0 spiro atoms. The van der Waals surface area contributed by atoms with Crippen molar-refractivity contribution in [2.24, 2.45) is 11.3 Å². The van der Waals surface area contributed by atoms with Gasteiger partial charge in [0.15, 0.2) is 0 Å². The molecule has 0 aromatic heterocycles. The molecule has 0 unspecified atom stereocenters. The van der Waals surface area contributed by atoms with E-state index in [0.717, 1.165) is 6.42 Å². The standard InChI is InChI=1S/C13H28N2O3S/c1-6-12(13(2,3)4)11-14(5)19(16,17)15-7-9-18-10-8-15/h12H,6-11H2,1-5H3/t12-/m0/s1. The molecule has 0 bridgehead atoms. The molecule has 6 heteroatoms.